The first-order valence-corrected chi connectivity index (χ1v) is 4.96. The molecule has 0 aliphatic heterocycles. The molecule has 5 nitrogen and oxygen atoms in total. The molecule has 0 aromatic carbocycles. The van der Waals surface area contributed by atoms with Gasteiger partial charge in [-0.05, 0) is 12.1 Å². The molecule has 1 rings (SSSR count). The molecule has 0 amide bonds. The molecule has 0 fully saturated rings. The summed E-state index contributed by atoms with van der Waals surface area (Å²) < 4.78 is 41.4. The van der Waals surface area contributed by atoms with Crippen molar-refractivity contribution in [3.8, 4) is 0 Å². The number of nitrogens with zero attached hydrogens (tertiary/aromatic N) is 1. The van der Waals surface area contributed by atoms with Crippen LogP contribution in [0.15, 0.2) is 18.3 Å². The first-order chi connectivity index (χ1) is 8.39. The lowest BCUT2D eigenvalue weighted by molar-refractivity contribution is -0.142. The number of hydrogen-bond acceptors (Lipinski definition) is 4. The third-order valence-electron chi connectivity index (χ3n) is 1.87. The largest absolute Gasteiger partial charge is 0.480 e. The maximum atomic E-state index is 12.2. The molecule has 0 saturated carbocycles. The van der Waals surface area contributed by atoms with Gasteiger partial charge in [0.1, 0.15) is 12.4 Å². The Morgan fingerprint density at radius 2 is 2.17 bits per heavy atom. The highest BCUT2D eigenvalue weighted by atomic mass is 19.4. The van der Waals surface area contributed by atoms with Gasteiger partial charge in [-0.25, -0.2) is 9.78 Å². The molecule has 1 aromatic rings. The molecule has 8 heteroatoms. The minimum absolute atomic E-state index is 0.120. The van der Waals surface area contributed by atoms with E-state index in [0.717, 1.165) is 12.3 Å². The minimum Gasteiger partial charge on any atom is -0.480 e. The fraction of sp³-hybridized carbons (Fsp3) is 0.400. The second-order valence-corrected chi connectivity index (χ2v) is 3.30. The SMILES string of the molecule is O=C(O)COCCNc1ccc(C(F)(F)F)cn1. The van der Waals surface area contributed by atoms with Crippen LogP contribution < -0.4 is 5.32 Å². The Morgan fingerprint density at radius 3 is 2.67 bits per heavy atom. The van der Waals surface area contributed by atoms with Crippen LogP contribution in [0.2, 0.25) is 0 Å². The van der Waals surface area contributed by atoms with Crippen LogP contribution in [0.25, 0.3) is 0 Å². The summed E-state index contributed by atoms with van der Waals surface area (Å²) in [6, 6.07) is 2.10. The van der Waals surface area contributed by atoms with Crippen molar-refractivity contribution in [2.45, 2.75) is 6.18 Å². The van der Waals surface area contributed by atoms with Crippen LogP contribution in [0.5, 0.6) is 0 Å². The predicted octanol–water partition coefficient (Wildman–Crippen LogP) is 1.61. The van der Waals surface area contributed by atoms with Crippen molar-refractivity contribution in [2.24, 2.45) is 0 Å². The summed E-state index contributed by atoms with van der Waals surface area (Å²) in [5.41, 5.74) is -0.824. The number of pyridine rings is 1. The van der Waals surface area contributed by atoms with Crippen molar-refractivity contribution in [1.82, 2.24) is 4.98 Å². The number of halogens is 3. The summed E-state index contributed by atoms with van der Waals surface area (Å²) in [6.45, 7) is -0.0389. The molecule has 0 spiro atoms. The normalized spacial score (nSPS) is 11.3. The first-order valence-electron chi connectivity index (χ1n) is 4.96. The average molecular weight is 264 g/mol. The zero-order chi connectivity index (χ0) is 13.6. The molecule has 0 aliphatic carbocycles. The van der Waals surface area contributed by atoms with E-state index in [1.165, 1.54) is 6.07 Å². The van der Waals surface area contributed by atoms with Crippen molar-refractivity contribution in [3.05, 3.63) is 23.9 Å². The highest BCUT2D eigenvalue weighted by Gasteiger charge is 2.30. The maximum absolute atomic E-state index is 12.2. The molecule has 0 bridgehead atoms. The van der Waals surface area contributed by atoms with Crippen LogP contribution in [0, 0.1) is 0 Å². The van der Waals surface area contributed by atoms with Crippen molar-refractivity contribution < 1.29 is 27.8 Å². The van der Waals surface area contributed by atoms with Gasteiger partial charge in [0.2, 0.25) is 0 Å². The van der Waals surface area contributed by atoms with E-state index in [4.69, 9.17) is 9.84 Å². The quantitative estimate of drug-likeness (QED) is 0.764. The molecule has 0 atom stereocenters. The standard InChI is InChI=1S/C10H11F3N2O3/c11-10(12,13)7-1-2-8(15-5-7)14-3-4-18-6-9(16)17/h1-2,5H,3-4,6H2,(H,14,15)(H,16,17). The number of aromatic nitrogens is 1. The monoisotopic (exact) mass is 264 g/mol. The average Bonchev–Trinajstić information content (AvgIpc) is 2.27. The third-order valence-corrected chi connectivity index (χ3v) is 1.87. The lowest BCUT2D eigenvalue weighted by Gasteiger charge is -2.08. The highest BCUT2D eigenvalue weighted by Crippen LogP contribution is 2.28. The molecule has 2 N–H and O–H groups in total. The zero-order valence-electron chi connectivity index (χ0n) is 9.20. The van der Waals surface area contributed by atoms with Crippen LogP contribution in [-0.4, -0.2) is 35.8 Å². The molecular weight excluding hydrogens is 253 g/mol. The van der Waals surface area contributed by atoms with Crippen LogP contribution >= 0.6 is 0 Å². The number of hydrogen-bond donors (Lipinski definition) is 2. The second-order valence-electron chi connectivity index (χ2n) is 3.30. The van der Waals surface area contributed by atoms with Crippen LogP contribution in [0.3, 0.4) is 0 Å². The lowest BCUT2D eigenvalue weighted by Crippen LogP contribution is -2.14. The van der Waals surface area contributed by atoms with Gasteiger partial charge in [-0.2, -0.15) is 13.2 Å². The molecule has 0 aliphatic rings. The van der Waals surface area contributed by atoms with Crippen molar-refractivity contribution in [3.63, 3.8) is 0 Å². The van der Waals surface area contributed by atoms with E-state index in [2.05, 4.69) is 10.3 Å². The van der Waals surface area contributed by atoms with Gasteiger partial charge < -0.3 is 15.2 Å². The van der Waals surface area contributed by atoms with Crippen molar-refractivity contribution in [1.29, 1.82) is 0 Å². The van der Waals surface area contributed by atoms with Gasteiger partial charge in [-0.1, -0.05) is 0 Å². The molecule has 100 valence electrons. The predicted molar refractivity (Wildman–Crippen MR) is 56.2 cm³/mol. The Labute approximate surface area is 101 Å². The number of aliphatic carboxylic acids is 1. The summed E-state index contributed by atoms with van der Waals surface area (Å²) >= 11 is 0. The lowest BCUT2D eigenvalue weighted by atomic mass is 10.3. The Balaban J connectivity index is 2.33. The summed E-state index contributed by atoms with van der Waals surface area (Å²) in [5, 5.41) is 11.0. The van der Waals surface area contributed by atoms with Crippen LogP contribution in [0.4, 0.5) is 19.0 Å². The van der Waals surface area contributed by atoms with Gasteiger partial charge in [0, 0.05) is 12.7 Å². The van der Waals surface area contributed by atoms with Crippen molar-refractivity contribution >= 4 is 11.8 Å². The minimum atomic E-state index is -4.41. The summed E-state index contributed by atoms with van der Waals surface area (Å²) in [7, 11) is 0. The Morgan fingerprint density at radius 1 is 1.44 bits per heavy atom. The van der Waals surface area contributed by atoms with E-state index in [1.807, 2.05) is 0 Å². The van der Waals surface area contributed by atoms with E-state index in [1.54, 1.807) is 0 Å². The van der Waals surface area contributed by atoms with Gasteiger partial charge in [0.15, 0.2) is 0 Å². The number of carboxylic acid groups (broad SMARTS) is 1. The number of anilines is 1. The molecule has 0 radical (unpaired) electrons. The Kier molecular flexibility index (Phi) is 4.90. The van der Waals surface area contributed by atoms with Gasteiger partial charge in [-0.3, -0.25) is 0 Å². The highest BCUT2D eigenvalue weighted by molar-refractivity contribution is 5.67. The van der Waals surface area contributed by atoms with Gasteiger partial charge in [0.25, 0.3) is 0 Å². The number of nitrogens with one attached hydrogen (secondary N) is 1. The van der Waals surface area contributed by atoms with Crippen LogP contribution in [0.1, 0.15) is 5.56 Å². The third kappa shape index (κ3) is 5.00. The number of rotatable bonds is 6. The topological polar surface area (TPSA) is 71.5 Å². The fourth-order valence-corrected chi connectivity index (χ4v) is 1.08. The van der Waals surface area contributed by atoms with E-state index < -0.39 is 24.3 Å². The van der Waals surface area contributed by atoms with E-state index in [0.29, 0.717) is 0 Å². The summed E-state index contributed by atoms with van der Waals surface area (Å²) in [6.07, 6.45) is -3.68. The molecule has 1 aromatic heterocycles. The summed E-state index contributed by atoms with van der Waals surface area (Å²) in [5.74, 6) is -0.815. The van der Waals surface area contributed by atoms with Gasteiger partial charge in [-0.15, -0.1) is 0 Å². The van der Waals surface area contributed by atoms with Crippen LogP contribution in [-0.2, 0) is 15.7 Å². The number of carbonyl (C=O) groups is 1. The number of carboxylic acids is 1. The maximum Gasteiger partial charge on any atom is 0.417 e. The van der Waals surface area contributed by atoms with E-state index in [9.17, 15) is 18.0 Å². The smallest absolute Gasteiger partial charge is 0.417 e. The zero-order valence-corrected chi connectivity index (χ0v) is 9.20. The molecule has 1 heterocycles. The molecule has 18 heavy (non-hydrogen) atoms. The molecule has 0 unspecified atom stereocenters. The first kappa shape index (κ1) is 14.2. The molecular formula is C10H11F3N2O3. The Hall–Kier alpha value is -1.83. The number of alkyl halides is 3. The fourth-order valence-electron chi connectivity index (χ4n) is 1.08. The van der Waals surface area contributed by atoms with Gasteiger partial charge in [0.05, 0.1) is 12.2 Å². The second kappa shape index (κ2) is 6.20. The van der Waals surface area contributed by atoms with Crippen molar-refractivity contribution in [2.75, 3.05) is 25.1 Å². The van der Waals surface area contributed by atoms with E-state index in [-0.39, 0.29) is 19.0 Å². The van der Waals surface area contributed by atoms with E-state index >= 15 is 0 Å². The molecule has 0 saturated heterocycles. The van der Waals surface area contributed by atoms with Gasteiger partial charge >= 0.3 is 12.1 Å². The number of ether oxygens (including phenoxy) is 1. The summed E-state index contributed by atoms with van der Waals surface area (Å²) in [4.78, 5) is 13.7. The Bertz CT molecular complexity index is 392.